The van der Waals surface area contributed by atoms with Gasteiger partial charge < -0.3 is 14.7 Å². The molecule has 3 aliphatic heterocycles. The van der Waals surface area contributed by atoms with Gasteiger partial charge in [-0.15, -0.1) is 12.6 Å². The summed E-state index contributed by atoms with van der Waals surface area (Å²) < 4.78 is 73.7. The summed E-state index contributed by atoms with van der Waals surface area (Å²) in [5.41, 5.74) is -2.34. The number of sulfonamides is 1. The fourth-order valence-electron chi connectivity index (χ4n) is 5.40. The summed E-state index contributed by atoms with van der Waals surface area (Å²) in [5.74, 6) is 0. The van der Waals surface area contributed by atoms with Gasteiger partial charge in [-0.2, -0.15) is 17.5 Å². The van der Waals surface area contributed by atoms with Crippen LogP contribution < -0.4 is 4.90 Å². The van der Waals surface area contributed by atoms with Crippen molar-refractivity contribution in [1.29, 1.82) is 0 Å². The lowest BCUT2D eigenvalue weighted by molar-refractivity contribution is -0.258. The molecule has 37 heavy (non-hydrogen) atoms. The third-order valence-electron chi connectivity index (χ3n) is 7.65. The predicted molar refractivity (Wildman–Crippen MR) is 135 cm³/mol. The van der Waals surface area contributed by atoms with E-state index >= 15 is 0 Å². The number of thiol groups is 1. The minimum absolute atomic E-state index is 0.152. The second kappa shape index (κ2) is 9.42. The highest BCUT2D eigenvalue weighted by atomic mass is 32.2. The minimum Gasteiger partial charge on any atom is -0.380 e. The van der Waals surface area contributed by atoms with Gasteiger partial charge in [0.05, 0.1) is 24.2 Å². The van der Waals surface area contributed by atoms with Crippen LogP contribution in [0.2, 0.25) is 0 Å². The molecule has 0 aliphatic carbocycles. The van der Waals surface area contributed by atoms with Crippen molar-refractivity contribution >= 4 is 28.3 Å². The normalized spacial score (nSPS) is 24.4. The van der Waals surface area contributed by atoms with E-state index in [2.05, 4.69) is 17.5 Å². The Bertz CT molecular complexity index is 1240. The number of anilines is 1. The van der Waals surface area contributed by atoms with Crippen molar-refractivity contribution in [2.24, 2.45) is 5.41 Å². The van der Waals surface area contributed by atoms with E-state index in [0.29, 0.717) is 23.7 Å². The van der Waals surface area contributed by atoms with E-state index < -0.39 is 21.8 Å². The number of likely N-dealkylation sites (tertiary alicyclic amines) is 1. The minimum atomic E-state index is -4.81. The molecule has 1 N–H and O–H groups in total. The van der Waals surface area contributed by atoms with Gasteiger partial charge in [0.25, 0.3) is 0 Å². The highest BCUT2D eigenvalue weighted by molar-refractivity contribution is 7.90. The number of benzene rings is 2. The van der Waals surface area contributed by atoms with Crippen LogP contribution in [0.1, 0.15) is 12.5 Å². The van der Waals surface area contributed by atoms with Gasteiger partial charge in [-0.1, -0.05) is 24.3 Å². The molecule has 2 atom stereocenters. The molecule has 2 aromatic carbocycles. The summed E-state index contributed by atoms with van der Waals surface area (Å²) in [6.07, 6.45) is -4.81. The second-order valence-electron chi connectivity index (χ2n) is 10.5. The zero-order valence-corrected chi connectivity index (χ0v) is 22.1. The Morgan fingerprint density at radius 2 is 1.73 bits per heavy atom. The quantitative estimate of drug-likeness (QED) is 0.533. The molecule has 0 amide bonds. The molecule has 3 fully saturated rings. The van der Waals surface area contributed by atoms with Gasteiger partial charge >= 0.3 is 6.18 Å². The van der Waals surface area contributed by atoms with E-state index in [1.165, 1.54) is 16.4 Å². The number of nitrogens with zero attached hydrogens (tertiary/aromatic N) is 3. The fraction of sp³-hybridized carbons (Fsp3) is 0.520. The van der Waals surface area contributed by atoms with Crippen LogP contribution in [0, 0.1) is 5.41 Å². The van der Waals surface area contributed by atoms with Gasteiger partial charge in [0, 0.05) is 55.3 Å². The lowest BCUT2D eigenvalue weighted by Crippen LogP contribution is -2.69. The molecule has 7 nitrogen and oxygen atoms in total. The molecule has 5 rings (SSSR count). The van der Waals surface area contributed by atoms with Crippen LogP contribution >= 0.6 is 12.6 Å². The maximum atomic E-state index is 13.5. The van der Waals surface area contributed by atoms with Gasteiger partial charge in [-0.3, -0.25) is 4.90 Å². The molecule has 3 heterocycles. The average molecular weight is 558 g/mol. The lowest BCUT2D eigenvalue weighted by Gasteiger charge is -2.57. The standard InChI is InChI=1S/C25H30F3N3O4S2/c1-23(32,25(26,27)28)18-6-8-19(9-7-18)31-11-10-30(37(33,34)22-5-3-2-4-21(22)36)13-20(31)12-29-14-24(15-29)16-35-17-24/h2-9,20,32,36H,10-17H2,1H3/t20-,23+/m0/s1. The highest BCUT2D eigenvalue weighted by Crippen LogP contribution is 2.40. The maximum Gasteiger partial charge on any atom is 0.421 e. The Morgan fingerprint density at radius 3 is 2.30 bits per heavy atom. The number of hydrogen-bond donors (Lipinski definition) is 2. The van der Waals surface area contributed by atoms with Crippen molar-refractivity contribution in [1.82, 2.24) is 9.21 Å². The first-order valence-corrected chi connectivity index (χ1v) is 14.0. The third kappa shape index (κ3) is 4.87. The summed E-state index contributed by atoms with van der Waals surface area (Å²) in [6, 6.07) is 12.0. The summed E-state index contributed by atoms with van der Waals surface area (Å²) >= 11 is 4.34. The summed E-state index contributed by atoms with van der Waals surface area (Å²) in [6.45, 7) is 5.38. The van der Waals surface area contributed by atoms with Crippen LogP contribution in [-0.2, 0) is 20.4 Å². The van der Waals surface area contributed by atoms with Crippen LogP contribution in [0.15, 0.2) is 58.3 Å². The van der Waals surface area contributed by atoms with Crippen molar-refractivity contribution in [2.45, 2.75) is 34.5 Å². The monoisotopic (exact) mass is 557 g/mol. The summed E-state index contributed by atoms with van der Waals surface area (Å²) in [4.78, 5) is 4.85. The Kier molecular flexibility index (Phi) is 6.82. The largest absolute Gasteiger partial charge is 0.421 e. The molecule has 3 aliphatic rings. The SMILES string of the molecule is C[C@@](O)(c1ccc(N2CCN(S(=O)(=O)c3ccccc3S)C[C@@H]2CN2CC3(COC3)C2)cc1)C(F)(F)F. The zero-order valence-electron chi connectivity index (χ0n) is 20.4. The van der Waals surface area contributed by atoms with Gasteiger partial charge in [0.2, 0.25) is 10.0 Å². The van der Waals surface area contributed by atoms with Crippen molar-refractivity contribution in [3.63, 3.8) is 0 Å². The number of alkyl halides is 3. The van der Waals surface area contributed by atoms with E-state index in [4.69, 9.17) is 4.74 Å². The van der Waals surface area contributed by atoms with E-state index in [-0.39, 0.29) is 35.0 Å². The number of rotatable bonds is 6. The predicted octanol–water partition coefficient (Wildman–Crippen LogP) is 2.96. The van der Waals surface area contributed by atoms with Crippen LogP contribution in [0.3, 0.4) is 0 Å². The number of halogens is 3. The molecular weight excluding hydrogens is 527 g/mol. The molecule has 2 aromatic rings. The highest BCUT2D eigenvalue weighted by Gasteiger charge is 2.52. The van der Waals surface area contributed by atoms with Crippen molar-refractivity contribution in [2.75, 3.05) is 57.4 Å². The van der Waals surface area contributed by atoms with Gasteiger partial charge in [-0.25, -0.2) is 8.42 Å². The first kappa shape index (κ1) is 26.8. The molecular formula is C25H30F3N3O4S2. The van der Waals surface area contributed by atoms with Crippen LogP contribution in [-0.4, -0.2) is 87.4 Å². The van der Waals surface area contributed by atoms with Gasteiger partial charge in [0.15, 0.2) is 5.60 Å². The first-order chi connectivity index (χ1) is 17.3. The Morgan fingerprint density at radius 1 is 1.08 bits per heavy atom. The Balaban J connectivity index is 1.38. The maximum absolute atomic E-state index is 13.5. The smallest absolute Gasteiger partial charge is 0.380 e. The number of aliphatic hydroxyl groups is 1. The Labute approximate surface area is 220 Å². The van der Waals surface area contributed by atoms with E-state index in [9.17, 15) is 26.7 Å². The first-order valence-electron chi connectivity index (χ1n) is 12.1. The number of ether oxygens (including phenoxy) is 1. The van der Waals surface area contributed by atoms with Crippen molar-refractivity contribution < 1.29 is 31.4 Å². The van der Waals surface area contributed by atoms with E-state index in [0.717, 1.165) is 33.2 Å². The van der Waals surface area contributed by atoms with E-state index in [1.54, 1.807) is 36.4 Å². The summed E-state index contributed by atoms with van der Waals surface area (Å²) in [7, 11) is -3.78. The second-order valence-corrected chi connectivity index (χ2v) is 12.8. The van der Waals surface area contributed by atoms with Gasteiger partial charge in [-0.05, 0) is 36.8 Å². The van der Waals surface area contributed by atoms with E-state index in [1.807, 2.05) is 4.90 Å². The number of hydrogen-bond acceptors (Lipinski definition) is 7. The molecule has 202 valence electrons. The third-order valence-corrected chi connectivity index (χ3v) is 10.1. The molecule has 3 saturated heterocycles. The van der Waals surface area contributed by atoms with Gasteiger partial charge in [0.1, 0.15) is 0 Å². The Hall–Kier alpha value is -1.83. The number of piperazine rings is 1. The topological polar surface area (TPSA) is 73.3 Å². The molecule has 0 aromatic heterocycles. The molecule has 0 bridgehead atoms. The van der Waals surface area contributed by atoms with Crippen LogP contribution in [0.4, 0.5) is 18.9 Å². The summed E-state index contributed by atoms with van der Waals surface area (Å²) in [5, 5.41) is 10.0. The lowest BCUT2D eigenvalue weighted by atomic mass is 9.78. The van der Waals surface area contributed by atoms with Crippen molar-refractivity contribution in [3.8, 4) is 0 Å². The molecule has 0 unspecified atom stereocenters. The average Bonchev–Trinajstić information content (AvgIpc) is 2.79. The zero-order chi connectivity index (χ0) is 26.6. The molecule has 0 saturated carbocycles. The van der Waals surface area contributed by atoms with Crippen LogP contribution in [0.5, 0.6) is 0 Å². The van der Waals surface area contributed by atoms with Crippen LogP contribution in [0.25, 0.3) is 0 Å². The fourth-order valence-corrected chi connectivity index (χ4v) is 7.46. The van der Waals surface area contributed by atoms with Crippen molar-refractivity contribution in [3.05, 3.63) is 54.1 Å². The molecule has 0 radical (unpaired) electrons. The molecule has 12 heteroatoms. The molecule has 1 spiro atoms.